The van der Waals surface area contributed by atoms with Crippen molar-refractivity contribution in [1.29, 1.82) is 0 Å². The number of benzene rings is 2. The second-order valence-electron chi connectivity index (χ2n) is 6.22. The first kappa shape index (κ1) is 19.7. The topological polar surface area (TPSA) is 84.2 Å². The molecule has 0 fully saturated rings. The summed E-state index contributed by atoms with van der Waals surface area (Å²) in [5.41, 5.74) is 1.25. The minimum atomic E-state index is -0.243. The molecule has 4 rings (SSSR count). The van der Waals surface area contributed by atoms with Gasteiger partial charge in [0.05, 0.1) is 33.0 Å². The Morgan fingerprint density at radius 3 is 2.33 bits per heavy atom. The van der Waals surface area contributed by atoms with Crippen molar-refractivity contribution in [1.82, 2.24) is 14.6 Å². The Kier molecular flexibility index (Phi) is 5.28. The number of hydrogen-bond donors (Lipinski definition) is 0. The predicted molar refractivity (Wildman–Crippen MR) is 114 cm³/mol. The van der Waals surface area contributed by atoms with Gasteiger partial charge in [-0.3, -0.25) is 4.79 Å². The summed E-state index contributed by atoms with van der Waals surface area (Å²) in [6, 6.07) is 10.8. The second-order valence-corrected chi connectivity index (χ2v) is 7.23. The van der Waals surface area contributed by atoms with E-state index >= 15 is 0 Å². The van der Waals surface area contributed by atoms with Crippen LogP contribution < -0.4 is 29.0 Å². The smallest absolute Gasteiger partial charge is 0.291 e. The van der Waals surface area contributed by atoms with E-state index < -0.39 is 0 Å². The molecular weight excluding hydrogens is 406 g/mol. The molecule has 154 valence electrons. The van der Waals surface area contributed by atoms with Crippen LogP contribution in [0.5, 0.6) is 23.0 Å². The summed E-state index contributed by atoms with van der Waals surface area (Å²) in [7, 11) is 6.29. The van der Waals surface area contributed by atoms with E-state index in [1.165, 1.54) is 15.9 Å². The summed E-state index contributed by atoms with van der Waals surface area (Å²) in [4.78, 5) is 17.9. The molecule has 9 heteroatoms. The van der Waals surface area contributed by atoms with E-state index in [1.54, 1.807) is 52.7 Å². The summed E-state index contributed by atoms with van der Waals surface area (Å²) in [6.45, 7) is 0. The molecule has 8 nitrogen and oxygen atoms in total. The van der Waals surface area contributed by atoms with Crippen molar-refractivity contribution in [3.63, 3.8) is 0 Å². The van der Waals surface area contributed by atoms with Gasteiger partial charge >= 0.3 is 0 Å². The van der Waals surface area contributed by atoms with Gasteiger partial charge in [0.25, 0.3) is 5.56 Å². The first-order valence-electron chi connectivity index (χ1n) is 8.93. The Morgan fingerprint density at radius 2 is 1.67 bits per heavy atom. The molecular formula is C21H19N3O5S. The molecule has 2 aromatic heterocycles. The van der Waals surface area contributed by atoms with Gasteiger partial charge < -0.3 is 18.9 Å². The highest BCUT2D eigenvalue weighted by atomic mass is 32.1. The molecule has 0 unspecified atom stereocenters. The number of fused-ring (bicyclic) bond motifs is 1. The molecule has 0 bridgehead atoms. The third-order valence-corrected chi connectivity index (χ3v) is 5.51. The van der Waals surface area contributed by atoms with Crippen molar-refractivity contribution in [2.24, 2.45) is 0 Å². The number of aromatic nitrogens is 3. The Hall–Kier alpha value is -3.59. The summed E-state index contributed by atoms with van der Waals surface area (Å²) in [6.07, 6.45) is 1.76. The second kappa shape index (κ2) is 8.03. The standard InChI is InChI=1S/C21H19N3O5S/c1-26-14-7-5-12(16(11-14)28-3)10-18-20(25)24-21(30-18)22-19(23-24)13-6-8-15(27-2)17(9-13)29-4/h5-11H,1-4H3. The molecule has 0 aliphatic carbocycles. The summed E-state index contributed by atoms with van der Waals surface area (Å²) < 4.78 is 23.0. The molecule has 30 heavy (non-hydrogen) atoms. The normalized spacial score (nSPS) is 11.7. The maximum absolute atomic E-state index is 12.9. The van der Waals surface area contributed by atoms with E-state index in [1.807, 2.05) is 18.2 Å². The molecule has 0 radical (unpaired) electrons. The van der Waals surface area contributed by atoms with Crippen molar-refractivity contribution >= 4 is 22.4 Å². The highest BCUT2D eigenvalue weighted by Crippen LogP contribution is 2.31. The van der Waals surface area contributed by atoms with Gasteiger partial charge in [0.2, 0.25) is 4.96 Å². The molecule has 0 atom stereocenters. The van der Waals surface area contributed by atoms with E-state index in [4.69, 9.17) is 18.9 Å². The van der Waals surface area contributed by atoms with Gasteiger partial charge in [0.15, 0.2) is 17.3 Å². The van der Waals surface area contributed by atoms with E-state index in [0.29, 0.717) is 38.3 Å². The Labute approximate surface area is 175 Å². The molecule has 0 amide bonds. The van der Waals surface area contributed by atoms with Crippen molar-refractivity contribution in [2.75, 3.05) is 28.4 Å². The number of rotatable bonds is 6. The molecule has 0 saturated heterocycles. The number of nitrogens with zero attached hydrogens (tertiary/aromatic N) is 3. The van der Waals surface area contributed by atoms with Crippen LogP contribution in [0.25, 0.3) is 22.4 Å². The summed E-state index contributed by atoms with van der Waals surface area (Å²) >= 11 is 1.26. The van der Waals surface area contributed by atoms with Gasteiger partial charge in [0, 0.05) is 17.2 Å². The van der Waals surface area contributed by atoms with Crippen LogP contribution in [0, 0.1) is 0 Å². The van der Waals surface area contributed by atoms with E-state index in [9.17, 15) is 4.79 Å². The highest BCUT2D eigenvalue weighted by molar-refractivity contribution is 7.15. The lowest BCUT2D eigenvalue weighted by molar-refractivity contribution is 0.355. The average molecular weight is 425 g/mol. The quantitative estimate of drug-likeness (QED) is 0.469. The van der Waals surface area contributed by atoms with E-state index in [-0.39, 0.29) is 5.56 Å². The van der Waals surface area contributed by atoms with Crippen LogP contribution in [0.15, 0.2) is 41.2 Å². The predicted octanol–water partition coefficient (Wildman–Crippen LogP) is 2.40. The molecule has 0 N–H and O–H groups in total. The van der Waals surface area contributed by atoms with Gasteiger partial charge in [-0.05, 0) is 36.4 Å². The van der Waals surface area contributed by atoms with Crippen molar-refractivity contribution in [3.05, 3.63) is 56.8 Å². The molecule has 2 aromatic carbocycles. The maximum Gasteiger partial charge on any atom is 0.291 e. The molecule has 0 aliphatic rings. The zero-order chi connectivity index (χ0) is 21.3. The van der Waals surface area contributed by atoms with Crippen molar-refractivity contribution in [2.45, 2.75) is 0 Å². The first-order chi connectivity index (χ1) is 14.6. The van der Waals surface area contributed by atoms with Crippen molar-refractivity contribution in [3.8, 4) is 34.4 Å². The molecule has 0 aliphatic heterocycles. The van der Waals surface area contributed by atoms with Crippen LogP contribution >= 0.6 is 11.3 Å². The van der Waals surface area contributed by atoms with Crippen LogP contribution in [0.1, 0.15) is 5.56 Å². The maximum atomic E-state index is 12.9. The monoisotopic (exact) mass is 425 g/mol. The molecule has 0 saturated carbocycles. The van der Waals surface area contributed by atoms with Crippen LogP contribution in [-0.4, -0.2) is 43.0 Å². The van der Waals surface area contributed by atoms with Crippen LogP contribution in [0.3, 0.4) is 0 Å². The number of methoxy groups -OCH3 is 4. The third-order valence-electron chi connectivity index (χ3n) is 4.55. The fraction of sp³-hybridized carbons (Fsp3) is 0.190. The van der Waals surface area contributed by atoms with Gasteiger partial charge in [-0.1, -0.05) is 11.3 Å². The van der Waals surface area contributed by atoms with Gasteiger partial charge in [-0.2, -0.15) is 9.50 Å². The largest absolute Gasteiger partial charge is 0.497 e. The Balaban J connectivity index is 1.77. The van der Waals surface area contributed by atoms with E-state index in [0.717, 1.165) is 11.1 Å². The van der Waals surface area contributed by atoms with E-state index in [2.05, 4.69) is 10.1 Å². The lowest BCUT2D eigenvalue weighted by Gasteiger charge is -2.07. The van der Waals surface area contributed by atoms with Crippen molar-refractivity contribution < 1.29 is 18.9 Å². The highest BCUT2D eigenvalue weighted by Gasteiger charge is 2.14. The number of ether oxygens (including phenoxy) is 4. The van der Waals surface area contributed by atoms with Crippen LogP contribution in [0.2, 0.25) is 0 Å². The van der Waals surface area contributed by atoms with Gasteiger partial charge in [0.1, 0.15) is 11.5 Å². The van der Waals surface area contributed by atoms with Crippen LogP contribution in [-0.2, 0) is 0 Å². The summed E-state index contributed by atoms with van der Waals surface area (Å²) in [5.74, 6) is 2.90. The minimum absolute atomic E-state index is 0.243. The van der Waals surface area contributed by atoms with Crippen LogP contribution in [0.4, 0.5) is 0 Å². The lowest BCUT2D eigenvalue weighted by Crippen LogP contribution is -2.23. The third kappa shape index (κ3) is 3.43. The minimum Gasteiger partial charge on any atom is -0.497 e. The first-order valence-corrected chi connectivity index (χ1v) is 9.75. The number of thiazole rings is 1. The zero-order valence-corrected chi connectivity index (χ0v) is 17.6. The SMILES string of the molecule is COc1ccc(C=c2sc3nc(-c4ccc(OC)c(OC)c4)nn3c2=O)c(OC)c1. The lowest BCUT2D eigenvalue weighted by atomic mass is 10.2. The fourth-order valence-corrected chi connectivity index (χ4v) is 3.91. The Bertz CT molecular complexity index is 1330. The van der Waals surface area contributed by atoms with Gasteiger partial charge in [-0.15, -0.1) is 5.10 Å². The fourth-order valence-electron chi connectivity index (χ4n) is 3.01. The zero-order valence-electron chi connectivity index (χ0n) is 16.8. The number of hydrogen-bond acceptors (Lipinski definition) is 8. The molecule has 2 heterocycles. The Morgan fingerprint density at radius 1 is 0.900 bits per heavy atom. The molecule has 4 aromatic rings. The summed E-state index contributed by atoms with van der Waals surface area (Å²) in [5, 5.41) is 4.38. The van der Waals surface area contributed by atoms with Gasteiger partial charge in [-0.25, -0.2) is 0 Å². The average Bonchev–Trinajstić information content (AvgIpc) is 3.32. The molecule has 0 spiro atoms.